The van der Waals surface area contributed by atoms with Crippen LogP contribution in [0, 0.1) is 11.8 Å². The van der Waals surface area contributed by atoms with Gasteiger partial charge in [0.1, 0.15) is 0 Å². The maximum atomic E-state index is 2.45. The normalized spacial score (nSPS) is 19.8. The van der Waals surface area contributed by atoms with Gasteiger partial charge in [0.2, 0.25) is 0 Å². The zero-order valence-corrected chi connectivity index (χ0v) is 9.52. The number of hydrogen-bond acceptors (Lipinski definition) is 0. The average molecular weight is 182 g/mol. The molecule has 0 aromatic carbocycles. The first-order valence-electron chi connectivity index (χ1n) is 6.33. The van der Waals surface area contributed by atoms with Crippen LogP contribution in [0.2, 0.25) is 0 Å². The van der Waals surface area contributed by atoms with Crippen molar-refractivity contribution in [2.24, 2.45) is 11.8 Å². The van der Waals surface area contributed by atoms with Crippen LogP contribution >= 0.6 is 0 Å². The molecular formula is C13H26. The third-order valence-electron chi connectivity index (χ3n) is 3.51. The SMILES string of the molecule is CCCCCCC(C)CC1CCC1. The second-order valence-corrected chi connectivity index (χ2v) is 4.99. The van der Waals surface area contributed by atoms with Crippen molar-refractivity contribution in [1.82, 2.24) is 0 Å². The van der Waals surface area contributed by atoms with Crippen LogP contribution in [-0.2, 0) is 0 Å². The fourth-order valence-corrected chi connectivity index (χ4v) is 2.33. The van der Waals surface area contributed by atoms with Crippen LogP contribution in [0.25, 0.3) is 0 Å². The quantitative estimate of drug-likeness (QED) is 0.497. The summed E-state index contributed by atoms with van der Waals surface area (Å²) in [5.74, 6) is 2.11. The van der Waals surface area contributed by atoms with Crippen LogP contribution in [0.1, 0.15) is 71.6 Å². The number of unbranched alkanes of at least 4 members (excludes halogenated alkanes) is 3. The minimum atomic E-state index is 1.00. The molecule has 0 aromatic rings. The van der Waals surface area contributed by atoms with Gasteiger partial charge in [-0.05, 0) is 18.3 Å². The van der Waals surface area contributed by atoms with E-state index >= 15 is 0 Å². The van der Waals surface area contributed by atoms with Crippen LogP contribution in [0.3, 0.4) is 0 Å². The maximum Gasteiger partial charge on any atom is -0.0412 e. The van der Waals surface area contributed by atoms with E-state index in [1.165, 1.54) is 57.8 Å². The molecule has 0 aliphatic heterocycles. The largest absolute Gasteiger partial charge is 0.0654 e. The van der Waals surface area contributed by atoms with Gasteiger partial charge in [0.25, 0.3) is 0 Å². The fourth-order valence-electron chi connectivity index (χ4n) is 2.33. The fraction of sp³-hybridized carbons (Fsp3) is 1.00. The van der Waals surface area contributed by atoms with Crippen molar-refractivity contribution in [3.63, 3.8) is 0 Å². The highest BCUT2D eigenvalue weighted by Crippen LogP contribution is 2.33. The molecule has 0 saturated heterocycles. The average Bonchev–Trinajstić information content (AvgIpc) is 2.06. The second kappa shape index (κ2) is 6.45. The van der Waals surface area contributed by atoms with Gasteiger partial charge in [-0.1, -0.05) is 65.2 Å². The van der Waals surface area contributed by atoms with E-state index in [0.29, 0.717) is 0 Å². The summed E-state index contributed by atoms with van der Waals surface area (Å²) in [6, 6.07) is 0. The molecule has 1 saturated carbocycles. The zero-order chi connectivity index (χ0) is 9.52. The van der Waals surface area contributed by atoms with Crippen LogP contribution in [0.4, 0.5) is 0 Å². The summed E-state index contributed by atoms with van der Waals surface area (Å²) in [5.41, 5.74) is 0. The highest BCUT2D eigenvalue weighted by Gasteiger charge is 2.19. The Morgan fingerprint density at radius 1 is 1.15 bits per heavy atom. The molecule has 0 amide bonds. The van der Waals surface area contributed by atoms with Gasteiger partial charge in [0.05, 0.1) is 0 Å². The predicted octanol–water partition coefficient (Wildman–Crippen LogP) is 4.78. The van der Waals surface area contributed by atoms with Gasteiger partial charge >= 0.3 is 0 Å². The Morgan fingerprint density at radius 3 is 2.46 bits per heavy atom. The van der Waals surface area contributed by atoms with Gasteiger partial charge < -0.3 is 0 Å². The van der Waals surface area contributed by atoms with Gasteiger partial charge in [-0.25, -0.2) is 0 Å². The van der Waals surface area contributed by atoms with Crippen molar-refractivity contribution in [3.8, 4) is 0 Å². The lowest BCUT2D eigenvalue weighted by Gasteiger charge is -2.28. The molecule has 0 nitrogen and oxygen atoms in total. The van der Waals surface area contributed by atoms with E-state index in [-0.39, 0.29) is 0 Å². The monoisotopic (exact) mass is 182 g/mol. The number of rotatable bonds is 7. The summed E-state index contributed by atoms with van der Waals surface area (Å²) in [4.78, 5) is 0. The topological polar surface area (TPSA) is 0 Å². The Kier molecular flexibility index (Phi) is 5.50. The summed E-state index contributed by atoms with van der Waals surface area (Å²) in [6.07, 6.45) is 13.3. The Labute approximate surface area is 84.1 Å². The zero-order valence-electron chi connectivity index (χ0n) is 9.52. The van der Waals surface area contributed by atoms with Gasteiger partial charge in [0, 0.05) is 0 Å². The third-order valence-corrected chi connectivity index (χ3v) is 3.51. The lowest BCUT2D eigenvalue weighted by molar-refractivity contribution is 0.248. The Bertz CT molecular complexity index is 113. The van der Waals surface area contributed by atoms with E-state index in [2.05, 4.69) is 13.8 Å². The summed E-state index contributed by atoms with van der Waals surface area (Å²) in [7, 11) is 0. The van der Waals surface area contributed by atoms with Crippen molar-refractivity contribution < 1.29 is 0 Å². The Hall–Kier alpha value is 0. The molecule has 13 heavy (non-hydrogen) atoms. The first kappa shape index (κ1) is 11.1. The molecule has 0 bridgehead atoms. The first-order chi connectivity index (χ1) is 6.33. The van der Waals surface area contributed by atoms with Gasteiger partial charge in [-0.3, -0.25) is 0 Å². The Balaban J connectivity index is 1.87. The van der Waals surface area contributed by atoms with Crippen LogP contribution in [0.15, 0.2) is 0 Å². The highest BCUT2D eigenvalue weighted by atomic mass is 14.2. The van der Waals surface area contributed by atoms with Gasteiger partial charge in [-0.15, -0.1) is 0 Å². The highest BCUT2D eigenvalue weighted by molar-refractivity contribution is 4.71. The van der Waals surface area contributed by atoms with E-state index in [1.807, 2.05) is 0 Å². The molecule has 0 heterocycles. The van der Waals surface area contributed by atoms with Crippen LogP contribution in [0.5, 0.6) is 0 Å². The molecule has 1 rings (SSSR count). The predicted molar refractivity (Wildman–Crippen MR) is 59.9 cm³/mol. The molecule has 0 heteroatoms. The van der Waals surface area contributed by atoms with Crippen molar-refractivity contribution in [3.05, 3.63) is 0 Å². The van der Waals surface area contributed by atoms with Gasteiger partial charge in [0.15, 0.2) is 0 Å². The molecule has 78 valence electrons. The minimum absolute atomic E-state index is 1.00. The maximum absolute atomic E-state index is 2.45. The summed E-state index contributed by atoms with van der Waals surface area (Å²) < 4.78 is 0. The molecule has 0 N–H and O–H groups in total. The molecule has 1 aliphatic rings. The molecule has 1 atom stereocenters. The minimum Gasteiger partial charge on any atom is -0.0654 e. The van der Waals surface area contributed by atoms with Crippen molar-refractivity contribution in [1.29, 1.82) is 0 Å². The van der Waals surface area contributed by atoms with Crippen molar-refractivity contribution in [2.45, 2.75) is 71.6 Å². The number of hydrogen-bond donors (Lipinski definition) is 0. The van der Waals surface area contributed by atoms with Crippen LogP contribution < -0.4 is 0 Å². The lowest BCUT2D eigenvalue weighted by Crippen LogP contribution is -2.14. The van der Waals surface area contributed by atoms with E-state index < -0.39 is 0 Å². The van der Waals surface area contributed by atoms with E-state index in [0.717, 1.165) is 11.8 Å². The third kappa shape index (κ3) is 4.69. The van der Waals surface area contributed by atoms with E-state index in [1.54, 1.807) is 0 Å². The molecule has 0 spiro atoms. The second-order valence-electron chi connectivity index (χ2n) is 4.99. The smallest absolute Gasteiger partial charge is 0.0412 e. The molecule has 0 radical (unpaired) electrons. The molecule has 0 aromatic heterocycles. The molecular weight excluding hydrogens is 156 g/mol. The summed E-state index contributed by atoms with van der Waals surface area (Å²) in [5, 5.41) is 0. The molecule has 1 fully saturated rings. The van der Waals surface area contributed by atoms with Crippen LogP contribution in [-0.4, -0.2) is 0 Å². The lowest BCUT2D eigenvalue weighted by atomic mass is 9.78. The molecule has 1 aliphatic carbocycles. The molecule has 1 unspecified atom stereocenters. The summed E-state index contributed by atoms with van der Waals surface area (Å²) >= 11 is 0. The first-order valence-corrected chi connectivity index (χ1v) is 6.33. The standard InChI is InChI=1S/C13H26/c1-3-4-5-6-8-12(2)11-13-9-7-10-13/h12-13H,3-11H2,1-2H3. The van der Waals surface area contributed by atoms with Gasteiger partial charge in [-0.2, -0.15) is 0 Å². The van der Waals surface area contributed by atoms with E-state index in [9.17, 15) is 0 Å². The Morgan fingerprint density at radius 2 is 1.92 bits per heavy atom. The van der Waals surface area contributed by atoms with Crippen molar-refractivity contribution in [2.75, 3.05) is 0 Å². The van der Waals surface area contributed by atoms with Crippen molar-refractivity contribution >= 4 is 0 Å². The summed E-state index contributed by atoms with van der Waals surface area (Å²) in [6.45, 7) is 4.74. The van der Waals surface area contributed by atoms with E-state index in [4.69, 9.17) is 0 Å².